The molecule has 0 aliphatic carbocycles. The molecule has 4 aromatic rings. The molecule has 1 aromatic heterocycles. The van der Waals surface area contributed by atoms with Crippen molar-refractivity contribution in [3.05, 3.63) is 90.1 Å². The van der Waals surface area contributed by atoms with Crippen LogP contribution >= 0.6 is 0 Å². The first-order valence-electron chi connectivity index (χ1n) is 8.64. The molecule has 0 saturated carbocycles. The number of nitrogens with zero attached hydrogens (tertiary/aromatic N) is 1. The highest BCUT2D eigenvalue weighted by atomic mass is 16.5. The molecule has 0 fully saturated rings. The first kappa shape index (κ1) is 14.4. The van der Waals surface area contributed by atoms with E-state index in [1.54, 1.807) is 0 Å². The van der Waals surface area contributed by atoms with Crippen LogP contribution in [0.5, 0.6) is 11.5 Å². The Morgan fingerprint density at radius 1 is 0.760 bits per heavy atom. The van der Waals surface area contributed by atoms with Gasteiger partial charge in [-0.3, -0.25) is 0 Å². The molecular formula is C23H19NO. The van der Waals surface area contributed by atoms with Crippen LogP contribution in [0.25, 0.3) is 16.6 Å². The van der Waals surface area contributed by atoms with Gasteiger partial charge in [0.05, 0.1) is 11.2 Å². The van der Waals surface area contributed by atoms with Crippen molar-refractivity contribution in [1.29, 1.82) is 0 Å². The van der Waals surface area contributed by atoms with E-state index in [9.17, 15) is 0 Å². The Morgan fingerprint density at radius 2 is 1.44 bits per heavy atom. The maximum Gasteiger partial charge on any atom is 0.157 e. The minimum atomic E-state index is -0.154. The third-order valence-electron chi connectivity index (χ3n) is 5.21. The Kier molecular flexibility index (Phi) is 2.87. The first-order chi connectivity index (χ1) is 12.2. The number of fused-ring (bicyclic) bond motifs is 4. The van der Waals surface area contributed by atoms with Crippen molar-refractivity contribution in [1.82, 2.24) is 4.57 Å². The summed E-state index contributed by atoms with van der Waals surface area (Å²) in [6.07, 6.45) is 0. The van der Waals surface area contributed by atoms with Crippen molar-refractivity contribution in [2.75, 3.05) is 0 Å². The molecule has 0 atom stereocenters. The zero-order chi connectivity index (χ0) is 17.0. The Labute approximate surface area is 147 Å². The van der Waals surface area contributed by atoms with E-state index in [1.165, 1.54) is 16.8 Å². The van der Waals surface area contributed by atoms with Gasteiger partial charge < -0.3 is 9.30 Å². The summed E-state index contributed by atoms with van der Waals surface area (Å²) in [5.74, 6) is 1.93. The van der Waals surface area contributed by atoms with Crippen LogP contribution < -0.4 is 4.74 Å². The average Bonchev–Trinajstić information content (AvgIpc) is 2.98. The normalized spacial score (nSPS) is 14.6. The third kappa shape index (κ3) is 1.91. The lowest BCUT2D eigenvalue weighted by molar-refractivity contribution is 0.414. The van der Waals surface area contributed by atoms with Crippen molar-refractivity contribution in [2.24, 2.45) is 0 Å². The molecule has 0 N–H and O–H groups in total. The van der Waals surface area contributed by atoms with E-state index in [2.05, 4.69) is 91.2 Å². The number of hydrogen-bond donors (Lipinski definition) is 0. The maximum atomic E-state index is 6.41. The van der Waals surface area contributed by atoms with Crippen LogP contribution in [0.15, 0.2) is 78.9 Å². The monoisotopic (exact) mass is 325 g/mol. The quantitative estimate of drug-likeness (QED) is 0.415. The van der Waals surface area contributed by atoms with E-state index < -0.39 is 0 Å². The molecule has 0 radical (unpaired) electrons. The first-order valence-corrected chi connectivity index (χ1v) is 8.64. The average molecular weight is 325 g/mol. The van der Waals surface area contributed by atoms with Gasteiger partial charge in [0.1, 0.15) is 5.75 Å². The van der Waals surface area contributed by atoms with Gasteiger partial charge in [0, 0.05) is 22.1 Å². The van der Waals surface area contributed by atoms with E-state index in [1.807, 2.05) is 6.07 Å². The molecule has 2 heterocycles. The van der Waals surface area contributed by atoms with Gasteiger partial charge in [-0.1, -0.05) is 48.5 Å². The van der Waals surface area contributed by atoms with Crippen LogP contribution in [0.3, 0.4) is 0 Å². The van der Waals surface area contributed by atoms with Gasteiger partial charge in [-0.2, -0.15) is 0 Å². The third-order valence-corrected chi connectivity index (χ3v) is 5.21. The second-order valence-corrected chi connectivity index (χ2v) is 7.09. The van der Waals surface area contributed by atoms with Crippen molar-refractivity contribution in [3.8, 4) is 17.2 Å². The van der Waals surface area contributed by atoms with Crippen LogP contribution in [-0.2, 0) is 5.41 Å². The molecule has 0 amide bonds. The summed E-state index contributed by atoms with van der Waals surface area (Å²) in [6, 6.07) is 27.4. The van der Waals surface area contributed by atoms with Gasteiger partial charge in [-0.05, 0) is 44.2 Å². The lowest BCUT2D eigenvalue weighted by Crippen LogP contribution is -2.26. The molecule has 0 spiro atoms. The lowest BCUT2D eigenvalue weighted by atomic mass is 9.79. The second-order valence-electron chi connectivity index (χ2n) is 7.09. The van der Waals surface area contributed by atoms with Gasteiger partial charge in [-0.15, -0.1) is 0 Å². The smallest absolute Gasteiger partial charge is 0.157 e. The molecule has 0 unspecified atom stereocenters. The number of aromatic nitrogens is 1. The number of rotatable bonds is 1. The molecule has 2 nitrogen and oxygen atoms in total. The number of para-hydroxylation sites is 3. The lowest BCUT2D eigenvalue weighted by Gasteiger charge is -2.34. The number of hydrogen-bond acceptors (Lipinski definition) is 1. The highest BCUT2D eigenvalue weighted by Crippen LogP contribution is 2.52. The maximum absolute atomic E-state index is 6.41. The van der Waals surface area contributed by atoms with Crippen LogP contribution in [0.1, 0.15) is 25.1 Å². The van der Waals surface area contributed by atoms with E-state index in [-0.39, 0.29) is 5.41 Å². The van der Waals surface area contributed by atoms with Crippen LogP contribution in [0.2, 0.25) is 0 Å². The zero-order valence-electron chi connectivity index (χ0n) is 14.4. The molecule has 1 aliphatic rings. The summed E-state index contributed by atoms with van der Waals surface area (Å²) in [5, 5.41) is 1.16. The van der Waals surface area contributed by atoms with Crippen LogP contribution in [-0.4, -0.2) is 4.57 Å². The predicted molar refractivity (Wildman–Crippen MR) is 102 cm³/mol. The molecule has 25 heavy (non-hydrogen) atoms. The van der Waals surface area contributed by atoms with Gasteiger partial charge >= 0.3 is 0 Å². The Bertz CT molecular complexity index is 1090. The summed E-state index contributed by atoms with van der Waals surface area (Å²) in [4.78, 5) is 0. The molecule has 5 rings (SSSR count). The standard InChI is InChI=1S/C23H19NO/c1-23(2)18-13-7-9-15-20(18)25-21-17-12-6-8-14-19(17)24(22(21)23)16-10-4-3-5-11-16/h3-15H,1-2H3. The van der Waals surface area contributed by atoms with Crippen molar-refractivity contribution < 1.29 is 4.74 Å². The Morgan fingerprint density at radius 3 is 2.28 bits per heavy atom. The zero-order valence-corrected chi connectivity index (χ0v) is 14.4. The van der Waals surface area contributed by atoms with Crippen molar-refractivity contribution in [2.45, 2.75) is 19.3 Å². The van der Waals surface area contributed by atoms with Gasteiger partial charge in [0.2, 0.25) is 0 Å². The van der Waals surface area contributed by atoms with E-state index >= 15 is 0 Å². The molecular weight excluding hydrogens is 306 g/mol. The fraction of sp³-hybridized carbons (Fsp3) is 0.130. The molecule has 3 aromatic carbocycles. The molecule has 122 valence electrons. The fourth-order valence-electron chi connectivity index (χ4n) is 4.03. The fourth-order valence-corrected chi connectivity index (χ4v) is 4.03. The summed E-state index contributed by atoms with van der Waals surface area (Å²) in [7, 11) is 0. The highest BCUT2D eigenvalue weighted by molar-refractivity contribution is 5.92. The van der Waals surface area contributed by atoms with Gasteiger partial charge in [-0.25, -0.2) is 0 Å². The van der Waals surface area contributed by atoms with E-state index in [0.717, 1.165) is 22.6 Å². The summed E-state index contributed by atoms with van der Waals surface area (Å²) in [6.45, 7) is 4.57. The predicted octanol–water partition coefficient (Wildman–Crippen LogP) is 6.06. The minimum absolute atomic E-state index is 0.154. The number of ether oxygens (including phenoxy) is 1. The SMILES string of the molecule is CC1(C)c2ccccc2Oc2c1n(-c1ccccc1)c1ccccc21. The largest absolute Gasteiger partial charge is 0.454 e. The topological polar surface area (TPSA) is 14.2 Å². The van der Waals surface area contributed by atoms with Crippen LogP contribution in [0, 0.1) is 0 Å². The summed E-state index contributed by atoms with van der Waals surface area (Å²) in [5.41, 5.74) is 4.62. The molecule has 2 heteroatoms. The Balaban J connectivity index is 1.93. The summed E-state index contributed by atoms with van der Waals surface area (Å²) < 4.78 is 8.76. The Hall–Kier alpha value is -3.00. The van der Waals surface area contributed by atoms with E-state index in [0.29, 0.717) is 0 Å². The van der Waals surface area contributed by atoms with Gasteiger partial charge in [0.25, 0.3) is 0 Å². The minimum Gasteiger partial charge on any atom is -0.454 e. The molecule has 0 saturated heterocycles. The molecule has 0 bridgehead atoms. The van der Waals surface area contributed by atoms with Gasteiger partial charge in [0.15, 0.2) is 5.75 Å². The highest BCUT2D eigenvalue weighted by Gasteiger charge is 2.39. The van der Waals surface area contributed by atoms with Crippen LogP contribution in [0.4, 0.5) is 0 Å². The molecule has 1 aliphatic heterocycles. The second kappa shape index (κ2) is 5.00. The van der Waals surface area contributed by atoms with Crippen molar-refractivity contribution in [3.63, 3.8) is 0 Å². The van der Waals surface area contributed by atoms with E-state index in [4.69, 9.17) is 4.74 Å². The number of benzene rings is 3. The van der Waals surface area contributed by atoms with Crippen molar-refractivity contribution >= 4 is 10.9 Å². The summed E-state index contributed by atoms with van der Waals surface area (Å²) >= 11 is 0.